The first-order valence-corrected chi connectivity index (χ1v) is 9.82. The van der Waals surface area contributed by atoms with Crippen LogP contribution in [0.2, 0.25) is 0 Å². The Hall–Kier alpha value is -3.28. The number of Topliss-reactive ketones (excluding diaryl/α,β-unsaturated/α-hetero) is 1. The number of carbonyl (C=O) groups excluding carboxylic acids is 2. The van der Waals surface area contributed by atoms with Crippen LogP contribution in [0, 0.1) is 11.7 Å². The number of phenols is 1. The molecule has 2 aromatic rings. The molecule has 0 bridgehead atoms. The molecule has 0 amide bonds. The number of methoxy groups -OCH3 is 1. The first kappa shape index (κ1) is 20.0. The van der Waals surface area contributed by atoms with Crippen molar-refractivity contribution in [2.24, 2.45) is 10.9 Å². The van der Waals surface area contributed by atoms with Crippen LogP contribution in [0.15, 0.2) is 64.8 Å². The van der Waals surface area contributed by atoms with Gasteiger partial charge in [-0.1, -0.05) is 24.3 Å². The van der Waals surface area contributed by atoms with Gasteiger partial charge in [0.05, 0.1) is 7.11 Å². The van der Waals surface area contributed by atoms with E-state index in [-0.39, 0.29) is 29.7 Å². The molecule has 0 aromatic heterocycles. The fraction of sp³-hybridized carbons (Fsp3) is 0.292. The molecule has 1 unspecified atom stereocenters. The standard InChI is InChI=1S/C24H22FNO4/c1-13-21(24(29)30-2)22(15-5-9-18(27)10-6-15)23-19(26-13)11-16(12-20(23)28)14-3-7-17(25)8-4-14/h3-10,16,21-22,27H,11-12H2,1-2H3/t16-,21?,22+/m1/s1. The number of carbonyl (C=O) groups is 2. The van der Waals surface area contributed by atoms with Crippen LogP contribution in [0.3, 0.4) is 0 Å². The third-order valence-corrected chi connectivity index (χ3v) is 5.94. The van der Waals surface area contributed by atoms with E-state index >= 15 is 0 Å². The Morgan fingerprint density at radius 3 is 2.33 bits per heavy atom. The molecule has 154 valence electrons. The summed E-state index contributed by atoms with van der Waals surface area (Å²) in [7, 11) is 1.32. The number of rotatable bonds is 3. The van der Waals surface area contributed by atoms with Gasteiger partial charge in [-0.2, -0.15) is 0 Å². The third-order valence-electron chi connectivity index (χ3n) is 5.94. The van der Waals surface area contributed by atoms with Crippen LogP contribution in [0.1, 0.15) is 42.7 Å². The molecule has 1 aliphatic heterocycles. The average molecular weight is 407 g/mol. The minimum absolute atomic E-state index is 0.0752. The number of aromatic hydroxyl groups is 1. The van der Waals surface area contributed by atoms with Crippen LogP contribution >= 0.6 is 0 Å². The molecular weight excluding hydrogens is 385 g/mol. The Morgan fingerprint density at radius 2 is 1.70 bits per heavy atom. The summed E-state index contributed by atoms with van der Waals surface area (Å²) in [5.41, 5.74) is 3.42. The molecule has 5 nitrogen and oxygen atoms in total. The maximum Gasteiger partial charge on any atom is 0.315 e. The molecule has 1 N–H and O–H groups in total. The Bertz CT molecular complexity index is 1050. The van der Waals surface area contributed by atoms with Crippen LogP contribution < -0.4 is 0 Å². The summed E-state index contributed by atoms with van der Waals surface area (Å²) in [4.78, 5) is 30.5. The molecule has 0 fully saturated rings. The normalized spacial score (nSPS) is 23.6. The molecule has 30 heavy (non-hydrogen) atoms. The quantitative estimate of drug-likeness (QED) is 0.771. The number of nitrogens with zero attached hydrogens (tertiary/aromatic N) is 1. The highest BCUT2D eigenvalue weighted by Gasteiger charge is 2.44. The van der Waals surface area contributed by atoms with Gasteiger partial charge in [-0.25, -0.2) is 4.39 Å². The molecule has 6 heteroatoms. The van der Waals surface area contributed by atoms with Crippen molar-refractivity contribution in [1.82, 2.24) is 0 Å². The van der Waals surface area contributed by atoms with Crippen molar-refractivity contribution in [3.63, 3.8) is 0 Å². The topological polar surface area (TPSA) is 76.0 Å². The van der Waals surface area contributed by atoms with E-state index in [2.05, 4.69) is 4.99 Å². The van der Waals surface area contributed by atoms with Gasteiger partial charge in [0, 0.05) is 29.3 Å². The Balaban J connectivity index is 1.79. The second kappa shape index (κ2) is 7.86. The zero-order valence-electron chi connectivity index (χ0n) is 16.8. The second-order valence-electron chi connectivity index (χ2n) is 7.76. The van der Waals surface area contributed by atoms with E-state index < -0.39 is 17.8 Å². The zero-order valence-corrected chi connectivity index (χ0v) is 16.8. The summed E-state index contributed by atoms with van der Waals surface area (Å²) < 4.78 is 18.3. The van der Waals surface area contributed by atoms with Crippen LogP contribution in [0.5, 0.6) is 5.75 Å². The largest absolute Gasteiger partial charge is 0.508 e. The number of benzene rings is 2. The molecule has 4 rings (SSSR count). The van der Waals surface area contributed by atoms with E-state index in [1.807, 2.05) is 0 Å². The number of halogens is 1. The molecule has 2 aromatic carbocycles. The zero-order chi connectivity index (χ0) is 21.4. The van der Waals surface area contributed by atoms with Gasteiger partial charge in [0.1, 0.15) is 17.5 Å². The summed E-state index contributed by atoms with van der Waals surface area (Å²) in [5, 5.41) is 9.67. The highest BCUT2D eigenvalue weighted by Crippen LogP contribution is 2.46. The monoisotopic (exact) mass is 407 g/mol. The number of hydrogen-bond acceptors (Lipinski definition) is 5. The van der Waals surface area contributed by atoms with Crippen molar-refractivity contribution in [2.75, 3.05) is 7.11 Å². The second-order valence-corrected chi connectivity index (χ2v) is 7.76. The van der Waals surface area contributed by atoms with Gasteiger partial charge in [0.2, 0.25) is 0 Å². The molecule has 3 atom stereocenters. The van der Waals surface area contributed by atoms with Crippen LogP contribution in [0.4, 0.5) is 4.39 Å². The summed E-state index contributed by atoms with van der Waals surface area (Å²) in [6.45, 7) is 1.77. The van der Waals surface area contributed by atoms with Gasteiger partial charge in [-0.15, -0.1) is 0 Å². The lowest BCUT2D eigenvalue weighted by Crippen LogP contribution is -2.37. The summed E-state index contributed by atoms with van der Waals surface area (Å²) in [6, 6.07) is 12.7. The Labute approximate surface area is 173 Å². The number of ether oxygens (including phenoxy) is 1. The van der Waals surface area contributed by atoms with Crippen molar-refractivity contribution >= 4 is 17.5 Å². The molecule has 0 spiro atoms. The molecule has 0 saturated heterocycles. The van der Waals surface area contributed by atoms with E-state index in [1.165, 1.54) is 19.2 Å². The highest BCUT2D eigenvalue weighted by atomic mass is 19.1. The third kappa shape index (κ3) is 3.54. The minimum Gasteiger partial charge on any atom is -0.508 e. The van der Waals surface area contributed by atoms with Crippen LogP contribution in [-0.2, 0) is 14.3 Å². The lowest BCUT2D eigenvalue weighted by atomic mass is 9.69. The van der Waals surface area contributed by atoms with Gasteiger partial charge >= 0.3 is 5.97 Å². The minimum atomic E-state index is -0.704. The highest BCUT2D eigenvalue weighted by molar-refractivity contribution is 6.09. The lowest BCUT2D eigenvalue weighted by Gasteiger charge is -2.36. The average Bonchev–Trinajstić information content (AvgIpc) is 2.73. The van der Waals surface area contributed by atoms with Gasteiger partial charge in [-0.3, -0.25) is 14.6 Å². The predicted octanol–water partition coefficient (Wildman–Crippen LogP) is 4.28. The number of allylic oxidation sites excluding steroid dienone is 2. The van der Waals surface area contributed by atoms with E-state index in [4.69, 9.17) is 4.74 Å². The molecule has 0 saturated carbocycles. The van der Waals surface area contributed by atoms with Crippen LogP contribution in [-0.4, -0.2) is 29.7 Å². The fourth-order valence-electron chi connectivity index (χ4n) is 4.50. The number of hydrogen-bond donors (Lipinski definition) is 1. The van der Waals surface area contributed by atoms with Crippen molar-refractivity contribution in [3.8, 4) is 5.75 Å². The predicted molar refractivity (Wildman–Crippen MR) is 110 cm³/mol. The fourth-order valence-corrected chi connectivity index (χ4v) is 4.50. The van der Waals surface area contributed by atoms with E-state index in [1.54, 1.807) is 43.3 Å². The molecule has 2 aliphatic rings. The number of esters is 1. The maximum absolute atomic E-state index is 13.3. The van der Waals surface area contributed by atoms with Gasteiger partial charge in [0.25, 0.3) is 0 Å². The molecular formula is C24H22FNO4. The van der Waals surface area contributed by atoms with E-state index in [0.29, 0.717) is 23.4 Å². The number of aliphatic imine (C=N–C) groups is 1. The summed E-state index contributed by atoms with van der Waals surface area (Å²) in [6.07, 6.45) is 0.800. The first-order valence-electron chi connectivity index (χ1n) is 9.82. The van der Waals surface area contributed by atoms with Crippen molar-refractivity contribution in [3.05, 3.63) is 76.7 Å². The van der Waals surface area contributed by atoms with Gasteiger partial charge in [-0.05, 0) is 54.7 Å². The van der Waals surface area contributed by atoms with Crippen molar-refractivity contribution < 1.29 is 23.8 Å². The SMILES string of the molecule is COC(=O)C1C(C)=NC2=C(C(=O)C[C@H](c3ccc(F)cc3)C2)[C@H]1c1ccc(O)cc1. The summed E-state index contributed by atoms with van der Waals surface area (Å²) >= 11 is 0. The first-order chi connectivity index (χ1) is 14.4. The van der Waals surface area contributed by atoms with Gasteiger partial charge in [0.15, 0.2) is 5.78 Å². The van der Waals surface area contributed by atoms with Crippen molar-refractivity contribution in [1.29, 1.82) is 0 Å². The molecule has 1 aliphatic carbocycles. The lowest BCUT2D eigenvalue weighted by molar-refractivity contribution is -0.143. The van der Waals surface area contributed by atoms with Crippen LogP contribution in [0.25, 0.3) is 0 Å². The molecule has 1 heterocycles. The van der Waals surface area contributed by atoms with E-state index in [0.717, 1.165) is 11.1 Å². The number of ketones is 1. The van der Waals surface area contributed by atoms with Gasteiger partial charge < -0.3 is 9.84 Å². The Morgan fingerprint density at radius 1 is 1.07 bits per heavy atom. The van der Waals surface area contributed by atoms with E-state index in [9.17, 15) is 19.1 Å². The summed E-state index contributed by atoms with van der Waals surface area (Å²) in [5.74, 6) is -2.06. The number of phenolic OH excluding ortho intramolecular Hbond substituents is 1. The maximum atomic E-state index is 13.3. The smallest absolute Gasteiger partial charge is 0.315 e. The molecule has 0 radical (unpaired) electrons. The van der Waals surface area contributed by atoms with Crippen molar-refractivity contribution in [2.45, 2.75) is 31.6 Å². The Kier molecular flexibility index (Phi) is 5.24.